The van der Waals surface area contributed by atoms with E-state index >= 15 is 0 Å². The van der Waals surface area contributed by atoms with Crippen LogP contribution in [0.25, 0.3) is 0 Å². The van der Waals surface area contributed by atoms with E-state index in [4.69, 9.17) is 16.3 Å². The van der Waals surface area contributed by atoms with E-state index in [1.807, 2.05) is 60.8 Å². The Kier molecular flexibility index (Phi) is 5.57. The summed E-state index contributed by atoms with van der Waals surface area (Å²) in [6, 6.07) is 21.7. The first kappa shape index (κ1) is 20.5. The molecule has 0 saturated carbocycles. The second-order valence-corrected chi connectivity index (χ2v) is 8.98. The molecule has 4 heteroatoms. The zero-order valence-corrected chi connectivity index (χ0v) is 18.6. The molecule has 0 N–H and O–H groups in total. The van der Waals surface area contributed by atoms with E-state index in [1.165, 1.54) is 11.3 Å². The largest absolute Gasteiger partial charge is 0.457 e. The summed E-state index contributed by atoms with van der Waals surface area (Å²) in [5.74, 6) is 2.08. The molecule has 0 radical (unpaired) electrons. The van der Waals surface area contributed by atoms with E-state index in [9.17, 15) is 0 Å². The van der Waals surface area contributed by atoms with Gasteiger partial charge in [-0.3, -0.25) is 4.99 Å². The normalized spacial score (nSPS) is 17.8. The van der Waals surface area contributed by atoms with Crippen LogP contribution in [0, 0.1) is 0 Å². The molecule has 3 aromatic rings. The van der Waals surface area contributed by atoms with Crippen LogP contribution in [0.1, 0.15) is 44.2 Å². The standard InChI is InChI=1S/C26H27ClN2O/c1-18-16-26(2,3)29(4)25-15-24(27)19(14-23(18)25)17-28-20-10-12-22(13-11-20)30-21-8-6-5-7-9-21/h5-15,17-18H,16H2,1-4H3/t18-/m1/s1. The number of hydrogen-bond acceptors (Lipinski definition) is 3. The van der Waals surface area contributed by atoms with Crippen molar-refractivity contribution >= 4 is 29.2 Å². The number of para-hydroxylation sites is 1. The highest BCUT2D eigenvalue weighted by atomic mass is 35.5. The van der Waals surface area contributed by atoms with Gasteiger partial charge in [-0.2, -0.15) is 0 Å². The zero-order chi connectivity index (χ0) is 21.3. The van der Waals surface area contributed by atoms with Crippen LogP contribution in [0.15, 0.2) is 71.7 Å². The fraction of sp³-hybridized carbons (Fsp3) is 0.269. The number of benzene rings is 3. The first-order valence-electron chi connectivity index (χ1n) is 10.3. The Balaban J connectivity index is 1.54. The van der Waals surface area contributed by atoms with Gasteiger partial charge in [0, 0.05) is 30.1 Å². The van der Waals surface area contributed by atoms with Crippen LogP contribution in [-0.2, 0) is 0 Å². The molecule has 0 spiro atoms. The number of nitrogens with zero attached hydrogens (tertiary/aromatic N) is 2. The van der Waals surface area contributed by atoms with Gasteiger partial charge in [0.1, 0.15) is 11.5 Å². The van der Waals surface area contributed by atoms with E-state index in [0.717, 1.165) is 34.2 Å². The molecule has 0 aromatic heterocycles. The minimum Gasteiger partial charge on any atom is -0.457 e. The van der Waals surface area contributed by atoms with Crippen LogP contribution in [0.5, 0.6) is 11.5 Å². The van der Waals surface area contributed by atoms with Gasteiger partial charge < -0.3 is 9.64 Å². The Hall–Kier alpha value is -2.78. The van der Waals surface area contributed by atoms with Crippen LogP contribution in [0.4, 0.5) is 11.4 Å². The SMILES string of the molecule is C[C@@H]1CC(C)(C)N(C)c2cc(Cl)c(C=Nc3ccc(Oc4ccccc4)cc3)cc21. The lowest BCUT2D eigenvalue weighted by atomic mass is 9.80. The summed E-state index contributed by atoms with van der Waals surface area (Å²) < 4.78 is 5.84. The molecular weight excluding hydrogens is 392 g/mol. The van der Waals surface area contributed by atoms with Gasteiger partial charge in [-0.15, -0.1) is 0 Å². The van der Waals surface area contributed by atoms with Crippen molar-refractivity contribution in [1.29, 1.82) is 0 Å². The maximum atomic E-state index is 6.61. The van der Waals surface area contributed by atoms with Gasteiger partial charge in [-0.25, -0.2) is 0 Å². The minimum absolute atomic E-state index is 0.120. The fourth-order valence-corrected chi connectivity index (χ4v) is 4.28. The summed E-state index contributed by atoms with van der Waals surface area (Å²) in [5.41, 5.74) is 4.46. The van der Waals surface area contributed by atoms with Gasteiger partial charge in [0.25, 0.3) is 0 Å². The number of hydrogen-bond donors (Lipinski definition) is 0. The van der Waals surface area contributed by atoms with Gasteiger partial charge in [-0.05, 0) is 80.3 Å². The number of aliphatic imine (C=N–C) groups is 1. The molecule has 1 heterocycles. The number of halogens is 1. The molecule has 3 aromatic carbocycles. The second-order valence-electron chi connectivity index (χ2n) is 8.58. The first-order chi connectivity index (χ1) is 14.3. The van der Waals surface area contributed by atoms with Crippen LogP contribution >= 0.6 is 11.6 Å². The predicted octanol–water partition coefficient (Wildman–Crippen LogP) is 7.60. The van der Waals surface area contributed by atoms with Gasteiger partial charge in [0.2, 0.25) is 0 Å². The summed E-state index contributed by atoms with van der Waals surface area (Å²) in [6.07, 6.45) is 2.96. The third-order valence-corrected chi connectivity index (χ3v) is 6.25. The maximum absolute atomic E-state index is 6.61. The number of rotatable bonds is 4. The first-order valence-corrected chi connectivity index (χ1v) is 10.7. The fourth-order valence-electron chi connectivity index (χ4n) is 4.07. The number of fused-ring (bicyclic) bond motifs is 1. The third-order valence-electron chi connectivity index (χ3n) is 5.92. The minimum atomic E-state index is 0.120. The second kappa shape index (κ2) is 8.16. The average Bonchev–Trinajstić information content (AvgIpc) is 2.72. The molecule has 1 aliphatic rings. The number of ether oxygens (including phenoxy) is 1. The maximum Gasteiger partial charge on any atom is 0.127 e. The molecule has 1 aliphatic heterocycles. The van der Waals surface area contributed by atoms with Gasteiger partial charge in [0.15, 0.2) is 0 Å². The van der Waals surface area contributed by atoms with Crippen molar-refractivity contribution in [3.05, 3.63) is 82.9 Å². The zero-order valence-electron chi connectivity index (χ0n) is 17.9. The predicted molar refractivity (Wildman–Crippen MR) is 127 cm³/mol. The lowest BCUT2D eigenvalue weighted by Crippen LogP contribution is -2.45. The molecule has 0 amide bonds. The van der Waals surface area contributed by atoms with Crippen molar-refractivity contribution in [3.8, 4) is 11.5 Å². The van der Waals surface area contributed by atoms with Crippen LogP contribution in [-0.4, -0.2) is 18.8 Å². The molecule has 0 saturated heterocycles. The monoisotopic (exact) mass is 418 g/mol. The quantitative estimate of drug-likeness (QED) is 0.407. The molecule has 1 atom stereocenters. The van der Waals surface area contributed by atoms with E-state index < -0.39 is 0 Å². The Morgan fingerprint density at radius 2 is 1.70 bits per heavy atom. The van der Waals surface area contributed by atoms with Crippen LogP contribution < -0.4 is 9.64 Å². The molecule has 4 rings (SSSR count). The molecule has 154 valence electrons. The van der Waals surface area contributed by atoms with E-state index in [1.54, 1.807) is 0 Å². The Labute approximate surface area is 184 Å². The van der Waals surface area contributed by atoms with Crippen molar-refractivity contribution < 1.29 is 4.74 Å². The van der Waals surface area contributed by atoms with Gasteiger partial charge in [0.05, 0.1) is 10.7 Å². The van der Waals surface area contributed by atoms with Gasteiger partial charge in [-0.1, -0.05) is 36.7 Å². The Morgan fingerprint density at radius 1 is 1.03 bits per heavy atom. The molecule has 0 bridgehead atoms. The van der Waals surface area contributed by atoms with Crippen molar-refractivity contribution in [1.82, 2.24) is 0 Å². The summed E-state index contributed by atoms with van der Waals surface area (Å²) in [4.78, 5) is 6.96. The summed E-state index contributed by atoms with van der Waals surface area (Å²) in [5, 5.41) is 0.721. The highest BCUT2D eigenvalue weighted by Gasteiger charge is 2.34. The summed E-state index contributed by atoms with van der Waals surface area (Å²) >= 11 is 6.61. The molecule has 0 fully saturated rings. The van der Waals surface area contributed by atoms with Crippen LogP contribution in [0.2, 0.25) is 5.02 Å². The molecule has 30 heavy (non-hydrogen) atoms. The lowest BCUT2D eigenvalue weighted by molar-refractivity contribution is 0.395. The Bertz CT molecular complexity index is 1060. The van der Waals surface area contributed by atoms with Crippen molar-refractivity contribution in [2.24, 2.45) is 4.99 Å². The topological polar surface area (TPSA) is 24.8 Å². The smallest absolute Gasteiger partial charge is 0.127 e. The van der Waals surface area contributed by atoms with E-state index in [0.29, 0.717) is 5.92 Å². The summed E-state index contributed by atoms with van der Waals surface area (Å²) in [6.45, 7) is 6.84. The highest BCUT2D eigenvalue weighted by Crippen LogP contribution is 2.44. The van der Waals surface area contributed by atoms with E-state index in [2.05, 4.69) is 49.8 Å². The van der Waals surface area contributed by atoms with Crippen molar-refractivity contribution in [2.75, 3.05) is 11.9 Å². The van der Waals surface area contributed by atoms with Crippen LogP contribution in [0.3, 0.4) is 0 Å². The van der Waals surface area contributed by atoms with Crippen molar-refractivity contribution in [2.45, 2.75) is 38.6 Å². The molecule has 0 aliphatic carbocycles. The number of anilines is 1. The Morgan fingerprint density at radius 3 is 2.40 bits per heavy atom. The molecular formula is C26H27ClN2O. The van der Waals surface area contributed by atoms with E-state index in [-0.39, 0.29) is 5.54 Å². The molecule has 0 unspecified atom stereocenters. The average molecular weight is 419 g/mol. The third kappa shape index (κ3) is 4.22. The van der Waals surface area contributed by atoms with Gasteiger partial charge >= 0.3 is 0 Å². The summed E-state index contributed by atoms with van der Waals surface area (Å²) in [7, 11) is 2.15. The molecule has 3 nitrogen and oxygen atoms in total. The highest BCUT2D eigenvalue weighted by molar-refractivity contribution is 6.33. The van der Waals surface area contributed by atoms with Crippen molar-refractivity contribution in [3.63, 3.8) is 0 Å². The lowest BCUT2D eigenvalue weighted by Gasteiger charge is -2.45.